The van der Waals surface area contributed by atoms with Crippen LogP contribution in [-0.4, -0.2) is 39.6 Å². The Kier molecular flexibility index (Phi) is 6.82. The number of ether oxygens (including phenoxy) is 1. The number of carbonyl (C=O) groups excluding carboxylic acids is 2. The van der Waals surface area contributed by atoms with Crippen LogP contribution in [0.5, 0.6) is 0 Å². The first-order valence-corrected chi connectivity index (χ1v) is 10.5. The minimum atomic E-state index is -1.31. The first-order valence-electron chi connectivity index (χ1n) is 10.5. The number of hydrogen-bond donors (Lipinski definition) is 2. The molecule has 0 aromatic rings. The second kappa shape index (κ2) is 8.50. The van der Waals surface area contributed by atoms with Gasteiger partial charge in [-0.3, -0.25) is 14.4 Å². The number of allylic oxidation sites excluding steroid dienone is 5. The lowest BCUT2D eigenvalue weighted by atomic mass is 9.72. The van der Waals surface area contributed by atoms with E-state index in [4.69, 9.17) is 4.74 Å². The standard InChI is InChI=1S/C24H34O6/c1-13(18-14(2)19(25)24(7,29)16(18)4)11-9-8-10-12-23(6)17(5)22(28)30-20(23)15(3)21(26)27/h8-12,14-18,20,29H,1-7H3,(H,26,27)/t14-,15+,16+,17-,18-,20-,23+,24-/m0/s1. The molecular weight excluding hydrogens is 384 g/mol. The molecule has 1 heterocycles. The van der Waals surface area contributed by atoms with Gasteiger partial charge in [-0.05, 0) is 32.6 Å². The SMILES string of the molecule is CC(=CC=CC=C[C@]1(C)[C@@H](C)C(=O)O[C@H]1[C@@H](C)C(=O)O)[C@H]1[C@H](C)C(=O)[C@@](C)(O)[C@@H]1C. The van der Waals surface area contributed by atoms with Gasteiger partial charge in [-0.15, -0.1) is 0 Å². The molecule has 2 rings (SSSR count). The molecule has 6 heteroatoms. The van der Waals surface area contributed by atoms with Crippen LogP contribution in [0.1, 0.15) is 48.5 Å². The highest BCUT2D eigenvalue weighted by Gasteiger charge is 2.54. The van der Waals surface area contributed by atoms with E-state index in [0.717, 1.165) is 5.57 Å². The average molecular weight is 419 g/mol. The van der Waals surface area contributed by atoms with Gasteiger partial charge in [0, 0.05) is 11.3 Å². The largest absolute Gasteiger partial charge is 0.481 e. The van der Waals surface area contributed by atoms with Crippen LogP contribution in [0.25, 0.3) is 0 Å². The second-order valence-electron chi connectivity index (χ2n) is 9.34. The van der Waals surface area contributed by atoms with Gasteiger partial charge in [0.25, 0.3) is 0 Å². The predicted octanol–water partition coefficient (Wildman–Crippen LogP) is 3.56. The third-order valence-corrected chi connectivity index (χ3v) is 7.43. The van der Waals surface area contributed by atoms with Crippen molar-refractivity contribution in [3.63, 3.8) is 0 Å². The molecule has 1 aliphatic heterocycles. The lowest BCUT2D eigenvalue weighted by Crippen LogP contribution is -2.38. The number of esters is 1. The zero-order chi connectivity index (χ0) is 23.0. The Morgan fingerprint density at radius 3 is 2.23 bits per heavy atom. The molecular formula is C24H34O6. The molecule has 0 amide bonds. The van der Waals surface area contributed by atoms with Crippen molar-refractivity contribution in [3.05, 3.63) is 36.0 Å². The van der Waals surface area contributed by atoms with Gasteiger partial charge in [0.05, 0.1) is 11.8 Å². The maximum atomic E-state index is 12.3. The van der Waals surface area contributed by atoms with Gasteiger partial charge < -0.3 is 14.9 Å². The van der Waals surface area contributed by atoms with E-state index < -0.39 is 34.9 Å². The Balaban J connectivity index is 2.16. The number of aliphatic carboxylic acids is 1. The Morgan fingerprint density at radius 1 is 1.13 bits per heavy atom. The second-order valence-corrected chi connectivity index (χ2v) is 9.34. The lowest BCUT2D eigenvalue weighted by molar-refractivity contribution is -0.153. The fraction of sp³-hybridized carbons (Fsp3) is 0.625. The smallest absolute Gasteiger partial charge is 0.310 e. The molecule has 1 saturated carbocycles. The molecule has 2 N–H and O–H groups in total. The molecule has 2 fully saturated rings. The number of ketones is 1. The Labute approximate surface area is 178 Å². The van der Waals surface area contributed by atoms with Crippen LogP contribution in [-0.2, 0) is 19.1 Å². The molecule has 0 aromatic heterocycles. The number of hydrogen-bond acceptors (Lipinski definition) is 5. The maximum Gasteiger partial charge on any atom is 0.310 e. The van der Waals surface area contributed by atoms with Crippen LogP contribution in [0.4, 0.5) is 0 Å². The van der Waals surface area contributed by atoms with Crippen molar-refractivity contribution in [3.8, 4) is 0 Å². The molecule has 0 spiro atoms. The first-order chi connectivity index (χ1) is 13.8. The average Bonchev–Trinajstić information content (AvgIpc) is 2.98. The van der Waals surface area contributed by atoms with E-state index in [1.54, 1.807) is 26.8 Å². The van der Waals surface area contributed by atoms with Gasteiger partial charge in [0.1, 0.15) is 11.7 Å². The summed E-state index contributed by atoms with van der Waals surface area (Å²) in [5.41, 5.74) is -1.02. The van der Waals surface area contributed by atoms with Crippen molar-refractivity contribution < 1.29 is 29.3 Å². The predicted molar refractivity (Wildman–Crippen MR) is 113 cm³/mol. The van der Waals surface area contributed by atoms with E-state index in [1.807, 2.05) is 52.0 Å². The number of aliphatic hydroxyl groups is 1. The third kappa shape index (κ3) is 4.02. The molecule has 1 saturated heterocycles. The zero-order valence-corrected chi connectivity index (χ0v) is 18.9. The molecule has 0 aromatic carbocycles. The maximum absolute atomic E-state index is 12.3. The highest BCUT2D eigenvalue weighted by molar-refractivity contribution is 5.92. The van der Waals surface area contributed by atoms with Crippen molar-refractivity contribution >= 4 is 17.7 Å². The molecule has 0 radical (unpaired) electrons. The minimum Gasteiger partial charge on any atom is -0.481 e. The highest BCUT2D eigenvalue weighted by atomic mass is 16.6. The van der Waals surface area contributed by atoms with Gasteiger partial charge >= 0.3 is 11.9 Å². The molecule has 8 atom stereocenters. The Morgan fingerprint density at radius 2 is 1.73 bits per heavy atom. The Bertz CT molecular complexity index is 805. The number of rotatable bonds is 6. The quantitative estimate of drug-likeness (QED) is 0.505. The summed E-state index contributed by atoms with van der Waals surface area (Å²) in [7, 11) is 0. The summed E-state index contributed by atoms with van der Waals surface area (Å²) in [6, 6.07) is 0. The van der Waals surface area contributed by atoms with E-state index in [2.05, 4.69) is 0 Å². The van der Waals surface area contributed by atoms with Crippen molar-refractivity contribution in [2.75, 3.05) is 0 Å². The van der Waals surface area contributed by atoms with Crippen LogP contribution >= 0.6 is 0 Å². The fourth-order valence-electron chi connectivity index (χ4n) is 4.93. The van der Waals surface area contributed by atoms with Crippen LogP contribution in [0.3, 0.4) is 0 Å². The van der Waals surface area contributed by atoms with Crippen molar-refractivity contribution in [2.45, 2.75) is 60.2 Å². The van der Waals surface area contributed by atoms with Gasteiger partial charge in [0.2, 0.25) is 0 Å². The molecule has 0 bridgehead atoms. The van der Waals surface area contributed by atoms with Crippen LogP contribution < -0.4 is 0 Å². The molecule has 30 heavy (non-hydrogen) atoms. The summed E-state index contributed by atoms with van der Waals surface area (Å²) < 4.78 is 5.37. The number of cyclic esters (lactones) is 1. The van der Waals surface area contributed by atoms with E-state index >= 15 is 0 Å². The first kappa shape index (κ1) is 24.1. The van der Waals surface area contributed by atoms with Crippen LogP contribution in [0.2, 0.25) is 0 Å². The van der Waals surface area contributed by atoms with E-state index in [1.165, 1.54) is 0 Å². The van der Waals surface area contributed by atoms with Crippen LogP contribution in [0, 0.1) is 35.0 Å². The minimum absolute atomic E-state index is 0.0275. The summed E-state index contributed by atoms with van der Waals surface area (Å²) >= 11 is 0. The number of carboxylic acids is 1. The molecule has 2 aliphatic rings. The van der Waals surface area contributed by atoms with Gasteiger partial charge in [-0.2, -0.15) is 0 Å². The number of carboxylic acid groups (broad SMARTS) is 1. The number of carbonyl (C=O) groups is 3. The normalized spacial score (nSPS) is 41.1. The Hall–Kier alpha value is -2.21. The molecule has 0 unspecified atom stereocenters. The fourth-order valence-corrected chi connectivity index (χ4v) is 4.93. The van der Waals surface area contributed by atoms with Crippen molar-refractivity contribution in [1.82, 2.24) is 0 Å². The van der Waals surface area contributed by atoms with Crippen LogP contribution in [0.15, 0.2) is 36.0 Å². The van der Waals surface area contributed by atoms with E-state index in [0.29, 0.717) is 0 Å². The summed E-state index contributed by atoms with van der Waals surface area (Å²) in [5, 5.41) is 19.8. The summed E-state index contributed by atoms with van der Waals surface area (Å²) in [5.74, 6) is -3.20. The molecule has 6 nitrogen and oxygen atoms in total. The molecule has 1 aliphatic carbocycles. The number of Topliss-reactive ketones (excluding diaryl/α,β-unsaturated/α-hetero) is 1. The van der Waals surface area contributed by atoms with Gasteiger partial charge in [-0.25, -0.2) is 0 Å². The van der Waals surface area contributed by atoms with Gasteiger partial charge in [0.15, 0.2) is 5.78 Å². The van der Waals surface area contributed by atoms with Gasteiger partial charge in [-0.1, -0.05) is 63.6 Å². The monoisotopic (exact) mass is 418 g/mol. The van der Waals surface area contributed by atoms with E-state index in [-0.39, 0.29) is 29.5 Å². The summed E-state index contributed by atoms with van der Waals surface area (Å²) in [6.45, 7) is 12.4. The van der Waals surface area contributed by atoms with E-state index in [9.17, 15) is 24.6 Å². The molecule has 166 valence electrons. The highest BCUT2D eigenvalue weighted by Crippen LogP contribution is 2.46. The zero-order valence-electron chi connectivity index (χ0n) is 18.9. The summed E-state index contributed by atoms with van der Waals surface area (Å²) in [4.78, 5) is 35.8. The van der Waals surface area contributed by atoms with Crippen molar-refractivity contribution in [2.24, 2.45) is 35.0 Å². The lowest BCUT2D eigenvalue weighted by Gasteiger charge is -2.30. The topological polar surface area (TPSA) is 101 Å². The third-order valence-electron chi connectivity index (χ3n) is 7.43. The van der Waals surface area contributed by atoms with Crippen molar-refractivity contribution in [1.29, 1.82) is 0 Å². The summed E-state index contributed by atoms with van der Waals surface area (Å²) in [6.07, 6.45) is 8.50.